The summed E-state index contributed by atoms with van der Waals surface area (Å²) in [5.41, 5.74) is 0. The number of carbonyl (C=O) groups is 1. The zero-order valence-corrected chi connectivity index (χ0v) is 14.5. The number of nitrogens with one attached hydrogen (secondary N) is 1. The Balaban J connectivity index is 2.29. The van der Waals surface area contributed by atoms with Crippen molar-refractivity contribution < 1.29 is 22.7 Å². The van der Waals surface area contributed by atoms with Gasteiger partial charge in [-0.15, -0.1) is 11.3 Å². The second-order valence-electron chi connectivity index (χ2n) is 4.42. The first-order valence-corrected chi connectivity index (χ1v) is 8.95. The summed E-state index contributed by atoms with van der Waals surface area (Å²) in [4.78, 5) is 16.2. The zero-order chi connectivity index (χ0) is 17.0. The number of nitrogens with zero attached hydrogens (tertiary/aromatic N) is 1. The van der Waals surface area contributed by atoms with Crippen molar-refractivity contribution in [2.24, 2.45) is 0 Å². The maximum atomic E-state index is 12.4. The highest BCUT2D eigenvalue weighted by molar-refractivity contribution is 7.90. The van der Waals surface area contributed by atoms with Gasteiger partial charge in [0.15, 0.2) is 0 Å². The first-order valence-electron chi connectivity index (χ1n) is 6.65. The van der Waals surface area contributed by atoms with Gasteiger partial charge in [-0.3, -0.25) is 4.79 Å². The molecule has 23 heavy (non-hydrogen) atoms. The third-order valence-electron chi connectivity index (χ3n) is 2.97. The monoisotopic (exact) mass is 356 g/mol. The molecule has 0 bridgehead atoms. The van der Waals surface area contributed by atoms with E-state index in [9.17, 15) is 13.2 Å². The van der Waals surface area contributed by atoms with E-state index in [1.807, 2.05) is 11.6 Å². The Morgan fingerprint density at radius 1 is 1.30 bits per heavy atom. The van der Waals surface area contributed by atoms with Gasteiger partial charge in [0.2, 0.25) is 0 Å². The molecule has 0 unspecified atom stereocenters. The van der Waals surface area contributed by atoms with Gasteiger partial charge < -0.3 is 9.47 Å². The summed E-state index contributed by atoms with van der Waals surface area (Å²) in [5, 5.41) is 0.759. The highest BCUT2D eigenvalue weighted by atomic mass is 32.2. The number of ether oxygens (including phenoxy) is 2. The molecule has 0 spiro atoms. The van der Waals surface area contributed by atoms with Crippen LogP contribution in [-0.4, -0.2) is 33.5 Å². The van der Waals surface area contributed by atoms with Gasteiger partial charge in [-0.1, -0.05) is 6.92 Å². The van der Waals surface area contributed by atoms with E-state index < -0.39 is 15.9 Å². The van der Waals surface area contributed by atoms with Gasteiger partial charge in [-0.2, -0.15) is 0 Å². The van der Waals surface area contributed by atoms with Crippen LogP contribution in [0, 0.1) is 0 Å². The lowest BCUT2D eigenvalue weighted by Crippen LogP contribution is -2.30. The summed E-state index contributed by atoms with van der Waals surface area (Å²) < 4.78 is 36.9. The van der Waals surface area contributed by atoms with E-state index in [1.165, 1.54) is 38.6 Å². The Hall–Kier alpha value is -2.13. The number of hydrogen-bond donors (Lipinski definition) is 1. The van der Waals surface area contributed by atoms with Crippen LogP contribution in [0.5, 0.6) is 11.5 Å². The molecule has 1 aromatic heterocycles. The molecular formula is C14H16N2O5S2. The molecule has 7 nitrogen and oxygen atoms in total. The lowest BCUT2D eigenvalue weighted by Gasteiger charge is -2.11. The van der Waals surface area contributed by atoms with Gasteiger partial charge in [-0.25, -0.2) is 18.1 Å². The summed E-state index contributed by atoms with van der Waals surface area (Å²) in [5.74, 6) is -0.189. The average Bonchev–Trinajstić information content (AvgIpc) is 3.03. The van der Waals surface area contributed by atoms with Crippen molar-refractivity contribution >= 4 is 27.3 Å². The number of carbonyl (C=O) groups excluding carboxylic acids is 1. The lowest BCUT2D eigenvalue weighted by atomic mass is 10.3. The van der Waals surface area contributed by atoms with Gasteiger partial charge in [0.05, 0.1) is 25.4 Å². The van der Waals surface area contributed by atoms with E-state index in [1.54, 1.807) is 0 Å². The summed E-state index contributed by atoms with van der Waals surface area (Å²) in [6, 6.07) is 4.22. The minimum atomic E-state index is -4.07. The molecule has 0 saturated carbocycles. The van der Waals surface area contributed by atoms with Crippen molar-refractivity contribution in [3.8, 4) is 11.5 Å². The van der Waals surface area contributed by atoms with Crippen LogP contribution in [0.3, 0.4) is 0 Å². The average molecular weight is 356 g/mol. The fraction of sp³-hybridized carbons (Fsp3) is 0.286. The number of sulfonamides is 1. The van der Waals surface area contributed by atoms with Gasteiger partial charge in [0.25, 0.3) is 15.9 Å². The molecule has 0 aliphatic heterocycles. The minimum Gasteiger partial charge on any atom is -0.497 e. The molecule has 9 heteroatoms. The molecule has 0 atom stereocenters. The molecule has 1 aromatic carbocycles. The van der Waals surface area contributed by atoms with Crippen molar-refractivity contribution in [2.75, 3.05) is 14.2 Å². The van der Waals surface area contributed by atoms with E-state index in [-0.39, 0.29) is 15.5 Å². The minimum absolute atomic E-state index is 0.0863. The second-order valence-corrected chi connectivity index (χ2v) is 7.19. The Bertz CT molecular complexity index is 814. The first-order chi connectivity index (χ1) is 10.9. The van der Waals surface area contributed by atoms with E-state index in [0.717, 1.165) is 16.3 Å². The summed E-state index contributed by atoms with van der Waals surface area (Å²) in [6.07, 6.45) is 2.04. The van der Waals surface area contributed by atoms with Crippen LogP contribution in [0.2, 0.25) is 0 Å². The smallest absolute Gasteiger partial charge is 0.276 e. The Morgan fingerprint density at radius 3 is 2.61 bits per heavy atom. The van der Waals surface area contributed by atoms with Crippen LogP contribution in [0.1, 0.15) is 21.6 Å². The van der Waals surface area contributed by atoms with Crippen molar-refractivity contribution in [3.05, 3.63) is 34.3 Å². The van der Waals surface area contributed by atoms with Gasteiger partial charge in [0.1, 0.15) is 21.3 Å². The molecule has 0 aliphatic rings. The largest absolute Gasteiger partial charge is 0.497 e. The van der Waals surface area contributed by atoms with Gasteiger partial charge in [0, 0.05) is 6.07 Å². The Labute approximate surface area is 138 Å². The molecular weight excluding hydrogens is 340 g/mol. The van der Waals surface area contributed by atoms with E-state index in [0.29, 0.717) is 12.2 Å². The highest BCUT2D eigenvalue weighted by Crippen LogP contribution is 2.28. The van der Waals surface area contributed by atoms with Crippen molar-refractivity contribution in [1.82, 2.24) is 9.71 Å². The fourth-order valence-electron chi connectivity index (χ4n) is 1.80. The number of benzene rings is 1. The molecule has 0 fully saturated rings. The molecule has 1 heterocycles. The maximum Gasteiger partial charge on any atom is 0.276 e. The van der Waals surface area contributed by atoms with Crippen LogP contribution in [0.25, 0.3) is 0 Å². The number of aryl methyl sites for hydroxylation is 1. The van der Waals surface area contributed by atoms with Gasteiger partial charge in [-0.05, 0) is 18.6 Å². The Morgan fingerprint density at radius 2 is 2.04 bits per heavy atom. The third-order valence-corrected chi connectivity index (χ3v) is 5.48. The van der Waals surface area contributed by atoms with E-state index >= 15 is 0 Å². The number of thiazole rings is 1. The topological polar surface area (TPSA) is 94.6 Å². The molecule has 1 amide bonds. The predicted octanol–water partition coefficient (Wildman–Crippen LogP) is 1.84. The molecule has 2 aromatic rings. The number of hydrogen-bond acceptors (Lipinski definition) is 7. The first kappa shape index (κ1) is 17.2. The molecule has 0 radical (unpaired) electrons. The number of rotatable bonds is 6. The SMILES string of the molecule is CCc1ncc(C(=O)NS(=O)(=O)c2ccc(OC)cc2OC)s1. The molecule has 0 aliphatic carbocycles. The number of aromatic nitrogens is 1. The summed E-state index contributed by atoms with van der Waals surface area (Å²) in [6.45, 7) is 1.90. The van der Waals surface area contributed by atoms with E-state index in [2.05, 4.69) is 4.98 Å². The highest BCUT2D eigenvalue weighted by Gasteiger charge is 2.24. The zero-order valence-electron chi connectivity index (χ0n) is 12.8. The Kier molecular flexibility index (Phi) is 5.22. The van der Waals surface area contributed by atoms with Gasteiger partial charge >= 0.3 is 0 Å². The number of methoxy groups -OCH3 is 2. The molecule has 2 rings (SSSR count). The molecule has 1 N–H and O–H groups in total. The van der Waals surface area contributed by atoms with Crippen LogP contribution in [-0.2, 0) is 16.4 Å². The standard InChI is InChI=1S/C14H16N2O5S2/c1-4-13-15-8-11(22-13)14(17)16-23(18,19)12-6-5-9(20-2)7-10(12)21-3/h5-8H,4H2,1-3H3,(H,16,17). The van der Waals surface area contributed by atoms with Crippen molar-refractivity contribution in [1.29, 1.82) is 0 Å². The van der Waals surface area contributed by atoms with Crippen LogP contribution in [0.15, 0.2) is 29.3 Å². The van der Waals surface area contributed by atoms with Crippen molar-refractivity contribution in [2.45, 2.75) is 18.2 Å². The lowest BCUT2D eigenvalue weighted by molar-refractivity contribution is 0.0985. The summed E-state index contributed by atoms with van der Waals surface area (Å²) >= 11 is 1.15. The fourth-order valence-corrected chi connectivity index (χ4v) is 3.74. The normalized spacial score (nSPS) is 11.1. The van der Waals surface area contributed by atoms with Crippen LogP contribution < -0.4 is 14.2 Å². The summed E-state index contributed by atoms with van der Waals surface area (Å²) in [7, 11) is -1.28. The third kappa shape index (κ3) is 3.80. The maximum absolute atomic E-state index is 12.4. The van der Waals surface area contributed by atoms with Crippen LogP contribution in [0.4, 0.5) is 0 Å². The van der Waals surface area contributed by atoms with E-state index in [4.69, 9.17) is 9.47 Å². The molecule has 0 saturated heterocycles. The predicted molar refractivity (Wildman–Crippen MR) is 85.7 cm³/mol. The molecule has 124 valence electrons. The number of amides is 1. The van der Waals surface area contributed by atoms with Crippen molar-refractivity contribution in [3.63, 3.8) is 0 Å². The van der Waals surface area contributed by atoms with Crippen LogP contribution >= 0.6 is 11.3 Å². The quantitative estimate of drug-likeness (QED) is 0.849. The second kappa shape index (κ2) is 6.97.